The van der Waals surface area contributed by atoms with Crippen molar-refractivity contribution in [1.82, 2.24) is 5.32 Å². The van der Waals surface area contributed by atoms with E-state index in [9.17, 15) is 9.59 Å². The van der Waals surface area contributed by atoms with Gasteiger partial charge in [-0.25, -0.2) is 0 Å². The first-order valence-electron chi connectivity index (χ1n) is 6.82. The molecule has 0 heterocycles. The number of benzene rings is 1. The summed E-state index contributed by atoms with van der Waals surface area (Å²) in [6.07, 6.45) is 2.43. The van der Waals surface area contributed by atoms with Gasteiger partial charge >= 0.3 is 0 Å². The number of nitrogens with zero attached hydrogens (tertiary/aromatic N) is 1. The molecule has 1 aliphatic carbocycles. The maximum Gasteiger partial charge on any atom is 0.223 e. The molecule has 0 spiro atoms. The zero-order valence-electron chi connectivity index (χ0n) is 11.9. The number of amides is 2. The van der Waals surface area contributed by atoms with E-state index in [1.807, 2.05) is 18.2 Å². The summed E-state index contributed by atoms with van der Waals surface area (Å²) in [5.74, 6) is 0.521. The van der Waals surface area contributed by atoms with Crippen LogP contribution in [0.5, 0.6) is 5.75 Å². The molecule has 2 rings (SSSR count). The molecule has 0 unspecified atom stereocenters. The van der Waals surface area contributed by atoms with Gasteiger partial charge in [0.05, 0.1) is 12.8 Å². The Bertz CT molecular complexity index is 498. The van der Waals surface area contributed by atoms with E-state index in [0.29, 0.717) is 30.4 Å². The molecule has 1 aliphatic rings. The molecule has 0 aliphatic heterocycles. The first kappa shape index (κ1) is 14.4. The summed E-state index contributed by atoms with van der Waals surface area (Å²) in [5.41, 5.74) is 0.696. The van der Waals surface area contributed by atoms with E-state index in [-0.39, 0.29) is 11.8 Å². The van der Waals surface area contributed by atoms with Crippen molar-refractivity contribution < 1.29 is 14.3 Å². The third kappa shape index (κ3) is 3.73. The number of methoxy groups -OCH3 is 1. The minimum Gasteiger partial charge on any atom is -0.495 e. The summed E-state index contributed by atoms with van der Waals surface area (Å²) in [4.78, 5) is 25.1. The summed E-state index contributed by atoms with van der Waals surface area (Å²) in [6, 6.07) is 7.66. The maximum absolute atomic E-state index is 11.8. The van der Waals surface area contributed by atoms with Crippen molar-refractivity contribution in [3.63, 3.8) is 0 Å². The molecule has 20 heavy (non-hydrogen) atoms. The molecular formula is C15H20N2O3. The fourth-order valence-corrected chi connectivity index (χ4v) is 2.04. The molecule has 0 atom stereocenters. The first-order chi connectivity index (χ1) is 9.61. The predicted octanol–water partition coefficient (Wildman–Crippen LogP) is 1.72. The van der Waals surface area contributed by atoms with Gasteiger partial charge in [0, 0.05) is 25.9 Å². The maximum atomic E-state index is 11.8. The largest absolute Gasteiger partial charge is 0.495 e. The smallest absolute Gasteiger partial charge is 0.223 e. The Morgan fingerprint density at radius 2 is 2.05 bits per heavy atom. The quantitative estimate of drug-likeness (QED) is 0.860. The highest BCUT2D eigenvalue weighted by molar-refractivity contribution is 5.93. The Labute approximate surface area is 118 Å². The monoisotopic (exact) mass is 276 g/mol. The second-order valence-electron chi connectivity index (χ2n) is 4.93. The van der Waals surface area contributed by atoms with Crippen molar-refractivity contribution in [2.75, 3.05) is 18.6 Å². The van der Waals surface area contributed by atoms with Gasteiger partial charge in [-0.3, -0.25) is 9.59 Å². The molecule has 0 aromatic heterocycles. The molecule has 2 amide bonds. The molecule has 1 saturated carbocycles. The standard InChI is InChI=1S/C15H20N2O3/c1-11(18)17(10-9-15(19)16-12-7-8-12)13-5-3-4-6-14(13)20-2/h3-6,12H,7-10H2,1-2H3,(H,16,19). The Morgan fingerprint density at radius 1 is 1.35 bits per heavy atom. The Morgan fingerprint density at radius 3 is 2.65 bits per heavy atom. The van der Waals surface area contributed by atoms with Crippen LogP contribution in [0.4, 0.5) is 5.69 Å². The second-order valence-corrected chi connectivity index (χ2v) is 4.93. The third-order valence-electron chi connectivity index (χ3n) is 3.26. The lowest BCUT2D eigenvalue weighted by molar-refractivity contribution is -0.121. The molecule has 5 heteroatoms. The van der Waals surface area contributed by atoms with Crippen LogP contribution >= 0.6 is 0 Å². The van der Waals surface area contributed by atoms with Crippen LogP contribution in [-0.4, -0.2) is 31.5 Å². The van der Waals surface area contributed by atoms with Gasteiger partial charge in [0.2, 0.25) is 11.8 Å². The van der Waals surface area contributed by atoms with Gasteiger partial charge in [0.15, 0.2) is 0 Å². The average Bonchev–Trinajstić information content (AvgIpc) is 3.23. The number of hydrogen-bond donors (Lipinski definition) is 1. The number of anilines is 1. The Balaban J connectivity index is 2.02. The molecule has 1 aromatic rings. The molecule has 5 nitrogen and oxygen atoms in total. The van der Waals surface area contributed by atoms with Crippen LogP contribution in [0.2, 0.25) is 0 Å². The number of carbonyl (C=O) groups excluding carboxylic acids is 2. The number of rotatable bonds is 6. The van der Waals surface area contributed by atoms with E-state index >= 15 is 0 Å². The first-order valence-corrected chi connectivity index (χ1v) is 6.82. The van der Waals surface area contributed by atoms with Crippen molar-refractivity contribution in [3.05, 3.63) is 24.3 Å². The van der Waals surface area contributed by atoms with Gasteiger partial charge in [-0.05, 0) is 25.0 Å². The minimum absolute atomic E-state index is 0.00588. The molecule has 108 valence electrons. The van der Waals surface area contributed by atoms with E-state index in [1.165, 1.54) is 6.92 Å². The van der Waals surface area contributed by atoms with Crippen LogP contribution in [-0.2, 0) is 9.59 Å². The number of para-hydroxylation sites is 2. The van der Waals surface area contributed by atoms with Crippen molar-refractivity contribution in [3.8, 4) is 5.75 Å². The van der Waals surface area contributed by atoms with Crippen molar-refractivity contribution in [2.24, 2.45) is 0 Å². The number of ether oxygens (including phenoxy) is 1. The zero-order valence-corrected chi connectivity index (χ0v) is 11.9. The lowest BCUT2D eigenvalue weighted by Gasteiger charge is -2.23. The highest BCUT2D eigenvalue weighted by Gasteiger charge is 2.24. The third-order valence-corrected chi connectivity index (χ3v) is 3.26. The predicted molar refractivity (Wildman–Crippen MR) is 76.8 cm³/mol. The number of hydrogen-bond acceptors (Lipinski definition) is 3. The van der Waals surface area contributed by atoms with E-state index in [1.54, 1.807) is 18.1 Å². The summed E-state index contributed by atoms with van der Waals surface area (Å²) >= 11 is 0. The second kappa shape index (κ2) is 6.41. The lowest BCUT2D eigenvalue weighted by Crippen LogP contribution is -2.34. The zero-order chi connectivity index (χ0) is 14.5. The van der Waals surface area contributed by atoms with Crippen LogP contribution in [0.1, 0.15) is 26.2 Å². The van der Waals surface area contributed by atoms with Gasteiger partial charge in [-0.15, -0.1) is 0 Å². The number of nitrogens with one attached hydrogen (secondary N) is 1. The van der Waals surface area contributed by atoms with E-state index in [0.717, 1.165) is 12.8 Å². The SMILES string of the molecule is COc1ccccc1N(CCC(=O)NC1CC1)C(C)=O. The molecule has 0 bridgehead atoms. The Kier molecular flexibility index (Phi) is 4.61. The van der Waals surface area contributed by atoms with Gasteiger partial charge < -0.3 is 15.0 Å². The van der Waals surface area contributed by atoms with Gasteiger partial charge in [0.1, 0.15) is 5.75 Å². The van der Waals surface area contributed by atoms with E-state index < -0.39 is 0 Å². The Hall–Kier alpha value is -2.04. The van der Waals surface area contributed by atoms with Crippen LogP contribution < -0.4 is 15.0 Å². The normalized spacial score (nSPS) is 13.7. The van der Waals surface area contributed by atoms with Crippen LogP contribution in [0.3, 0.4) is 0 Å². The van der Waals surface area contributed by atoms with Crippen molar-refractivity contribution in [1.29, 1.82) is 0 Å². The van der Waals surface area contributed by atoms with Crippen molar-refractivity contribution >= 4 is 17.5 Å². The minimum atomic E-state index is -0.103. The topological polar surface area (TPSA) is 58.6 Å². The molecule has 1 fully saturated rings. The highest BCUT2D eigenvalue weighted by atomic mass is 16.5. The summed E-state index contributed by atoms with van der Waals surface area (Å²) < 4.78 is 5.26. The van der Waals surface area contributed by atoms with Crippen LogP contribution in [0, 0.1) is 0 Å². The van der Waals surface area contributed by atoms with Crippen LogP contribution in [0.15, 0.2) is 24.3 Å². The van der Waals surface area contributed by atoms with Gasteiger partial charge in [0.25, 0.3) is 0 Å². The summed E-state index contributed by atoms with van der Waals surface area (Å²) in [7, 11) is 1.57. The molecule has 0 saturated heterocycles. The van der Waals surface area contributed by atoms with Gasteiger partial charge in [-0.1, -0.05) is 12.1 Å². The molecule has 1 N–H and O–H groups in total. The fraction of sp³-hybridized carbons (Fsp3) is 0.467. The molecule has 0 radical (unpaired) electrons. The average molecular weight is 276 g/mol. The lowest BCUT2D eigenvalue weighted by atomic mass is 10.2. The fourth-order valence-electron chi connectivity index (χ4n) is 2.04. The van der Waals surface area contributed by atoms with Gasteiger partial charge in [-0.2, -0.15) is 0 Å². The summed E-state index contributed by atoms with van der Waals surface area (Å²) in [6.45, 7) is 1.85. The molecule has 1 aromatic carbocycles. The summed E-state index contributed by atoms with van der Waals surface area (Å²) in [5, 5.41) is 2.92. The molecular weight excluding hydrogens is 256 g/mol. The van der Waals surface area contributed by atoms with Crippen LogP contribution in [0.25, 0.3) is 0 Å². The van der Waals surface area contributed by atoms with E-state index in [4.69, 9.17) is 4.74 Å². The number of carbonyl (C=O) groups is 2. The van der Waals surface area contributed by atoms with E-state index in [2.05, 4.69) is 5.32 Å². The highest BCUT2D eigenvalue weighted by Crippen LogP contribution is 2.28. The van der Waals surface area contributed by atoms with Crippen molar-refractivity contribution in [2.45, 2.75) is 32.2 Å².